The first-order valence-corrected chi connectivity index (χ1v) is 9.75. The first kappa shape index (κ1) is 20.5. The van der Waals surface area contributed by atoms with Gasteiger partial charge in [-0.3, -0.25) is 0 Å². The molecule has 1 aromatic rings. The summed E-state index contributed by atoms with van der Waals surface area (Å²) in [5, 5.41) is 0. The highest BCUT2D eigenvalue weighted by atomic mass is 15.2. The van der Waals surface area contributed by atoms with Crippen LogP contribution in [0.2, 0.25) is 0 Å². The van der Waals surface area contributed by atoms with Crippen molar-refractivity contribution in [3.8, 4) is 0 Å². The second-order valence-corrected chi connectivity index (χ2v) is 8.79. The Balaban J connectivity index is 2.35. The van der Waals surface area contributed by atoms with Gasteiger partial charge in [-0.1, -0.05) is 46.1 Å². The van der Waals surface area contributed by atoms with Crippen molar-refractivity contribution in [3.05, 3.63) is 55.3 Å². The molecule has 2 rings (SSSR count). The van der Waals surface area contributed by atoms with E-state index in [1.807, 2.05) is 19.4 Å². The van der Waals surface area contributed by atoms with Crippen LogP contribution in [0.5, 0.6) is 0 Å². The van der Waals surface area contributed by atoms with Gasteiger partial charge in [0.05, 0.1) is 11.9 Å². The van der Waals surface area contributed by atoms with Crippen molar-refractivity contribution in [2.75, 3.05) is 7.05 Å². The third-order valence-corrected chi connectivity index (χ3v) is 7.30. The lowest BCUT2D eigenvalue weighted by molar-refractivity contribution is 0.175. The molecule has 3 heteroatoms. The number of rotatable bonds is 9. The molecule has 1 aliphatic carbocycles. The Morgan fingerprint density at radius 2 is 1.92 bits per heavy atom. The zero-order valence-electron chi connectivity index (χ0n) is 17.9. The van der Waals surface area contributed by atoms with Crippen molar-refractivity contribution in [1.29, 1.82) is 0 Å². The van der Waals surface area contributed by atoms with E-state index >= 15 is 0 Å². The van der Waals surface area contributed by atoms with Crippen LogP contribution < -0.4 is 0 Å². The van der Waals surface area contributed by atoms with Gasteiger partial charge < -0.3 is 9.47 Å². The maximum Gasteiger partial charge on any atom is 0.0948 e. The molecule has 1 saturated carbocycles. The van der Waals surface area contributed by atoms with Gasteiger partial charge >= 0.3 is 0 Å². The Morgan fingerprint density at radius 3 is 2.35 bits per heavy atom. The van der Waals surface area contributed by atoms with E-state index in [4.69, 9.17) is 0 Å². The van der Waals surface area contributed by atoms with Gasteiger partial charge in [-0.2, -0.15) is 0 Å². The average molecular weight is 356 g/mol. The molecule has 0 saturated heterocycles. The molecule has 3 nitrogen and oxygen atoms in total. The van der Waals surface area contributed by atoms with E-state index in [-0.39, 0.29) is 16.4 Å². The molecule has 0 aliphatic heterocycles. The zero-order chi connectivity index (χ0) is 19.9. The minimum atomic E-state index is -0.203. The lowest BCUT2D eigenvalue weighted by Gasteiger charge is -2.44. The van der Waals surface area contributed by atoms with E-state index < -0.39 is 0 Å². The lowest BCUT2D eigenvalue weighted by Crippen LogP contribution is -2.45. The summed E-state index contributed by atoms with van der Waals surface area (Å²) in [7, 11) is 2.16. The van der Waals surface area contributed by atoms with Gasteiger partial charge in [0.2, 0.25) is 0 Å². The number of likely N-dealkylation sites (N-methyl/N-ethyl adjacent to an activating group) is 1. The molecule has 1 heterocycles. The molecule has 26 heavy (non-hydrogen) atoms. The molecule has 0 amide bonds. The quantitative estimate of drug-likeness (QED) is 0.507. The van der Waals surface area contributed by atoms with Gasteiger partial charge in [0.15, 0.2) is 0 Å². The Bertz CT molecular complexity index is 697. The summed E-state index contributed by atoms with van der Waals surface area (Å²) in [5.41, 5.74) is 3.40. The number of aromatic nitrogens is 2. The van der Waals surface area contributed by atoms with Crippen molar-refractivity contribution in [3.63, 3.8) is 0 Å². The predicted octanol–water partition coefficient (Wildman–Crippen LogP) is 6.00. The van der Waals surface area contributed by atoms with Gasteiger partial charge in [0.25, 0.3) is 0 Å². The molecule has 0 aromatic carbocycles. The highest BCUT2D eigenvalue weighted by Gasteiger charge is 2.68. The molecular formula is C23H37N3. The monoisotopic (exact) mass is 355 g/mol. The highest BCUT2D eigenvalue weighted by molar-refractivity contribution is 5.37. The largest absolute Gasteiger partial charge is 0.369 e. The van der Waals surface area contributed by atoms with Crippen LogP contribution in [0.15, 0.2) is 55.3 Å². The second-order valence-electron chi connectivity index (χ2n) is 8.79. The van der Waals surface area contributed by atoms with Crippen molar-refractivity contribution in [1.82, 2.24) is 14.5 Å². The molecular weight excluding hydrogens is 318 g/mol. The fraction of sp³-hybridized carbons (Fsp3) is 0.609. The minimum Gasteiger partial charge on any atom is -0.369 e. The summed E-state index contributed by atoms with van der Waals surface area (Å²) >= 11 is 0. The van der Waals surface area contributed by atoms with Crippen molar-refractivity contribution < 1.29 is 0 Å². The first-order valence-electron chi connectivity index (χ1n) is 9.75. The van der Waals surface area contributed by atoms with Crippen LogP contribution in [-0.2, 0) is 0 Å². The zero-order valence-corrected chi connectivity index (χ0v) is 17.9. The van der Waals surface area contributed by atoms with Crippen LogP contribution in [-0.4, -0.2) is 27.0 Å². The van der Waals surface area contributed by atoms with E-state index in [2.05, 4.69) is 82.1 Å². The normalized spacial score (nSPS) is 26.3. The van der Waals surface area contributed by atoms with E-state index in [9.17, 15) is 0 Å². The summed E-state index contributed by atoms with van der Waals surface area (Å²) in [6, 6.07) is 0.433. The molecule has 1 fully saturated rings. The second kappa shape index (κ2) is 6.75. The van der Waals surface area contributed by atoms with Gasteiger partial charge in [-0.15, -0.1) is 0 Å². The van der Waals surface area contributed by atoms with Crippen LogP contribution in [0.25, 0.3) is 0 Å². The first-order chi connectivity index (χ1) is 12.0. The number of hydrogen-bond donors (Lipinski definition) is 0. The summed E-state index contributed by atoms with van der Waals surface area (Å²) in [4.78, 5) is 6.61. The Kier molecular flexibility index (Phi) is 5.34. The fourth-order valence-electron chi connectivity index (χ4n) is 5.01. The van der Waals surface area contributed by atoms with Crippen LogP contribution in [0.3, 0.4) is 0 Å². The number of allylic oxidation sites excluding steroid dienone is 1. The molecule has 3 atom stereocenters. The summed E-state index contributed by atoms with van der Waals surface area (Å²) < 4.78 is 2.28. The smallest absolute Gasteiger partial charge is 0.0948 e. The summed E-state index contributed by atoms with van der Waals surface area (Å²) in [6.07, 6.45) is 9.27. The highest BCUT2D eigenvalue weighted by Crippen LogP contribution is 2.74. The third-order valence-electron chi connectivity index (χ3n) is 7.30. The standard InChI is InChI=1S/C23H37N3/c1-11-20(26-14-13-24-16-26)22(9)15-23(22,12-2)19(6)25(10)21(7,8)18(5)17(3)4/h13-14,16,20H,3,5-6,11-12,15H2,1-2,4,7-10H3. The van der Waals surface area contributed by atoms with E-state index in [0.717, 1.165) is 30.4 Å². The van der Waals surface area contributed by atoms with Crippen molar-refractivity contribution >= 4 is 0 Å². The van der Waals surface area contributed by atoms with Crippen LogP contribution in [0.4, 0.5) is 0 Å². The predicted molar refractivity (Wildman–Crippen MR) is 112 cm³/mol. The molecule has 144 valence electrons. The summed E-state index contributed by atoms with van der Waals surface area (Å²) in [6.45, 7) is 26.4. The van der Waals surface area contributed by atoms with Gasteiger partial charge in [0.1, 0.15) is 0 Å². The molecule has 3 unspecified atom stereocenters. The molecule has 0 N–H and O–H groups in total. The number of hydrogen-bond acceptors (Lipinski definition) is 2. The van der Waals surface area contributed by atoms with Crippen molar-refractivity contribution in [2.45, 2.75) is 72.4 Å². The van der Waals surface area contributed by atoms with Crippen molar-refractivity contribution in [2.24, 2.45) is 10.8 Å². The molecule has 0 radical (unpaired) electrons. The molecule has 1 aliphatic rings. The SMILES string of the molecule is C=C(C)C(=C)C(C)(C)N(C)C(=C)C1(CC)CC1(C)C(CC)n1ccnc1. The van der Waals surface area contributed by atoms with Gasteiger partial charge in [-0.25, -0.2) is 4.98 Å². The van der Waals surface area contributed by atoms with Gasteiger partial charge in [0, 0.05) is 42.0 Å². The Labute approximate surface area is 160 Å². The molecule has 0 bridgehead atoms. The van der Waals surface area contributed by atoms with E-state index in [0.29, 0.717) is 6.04 Å². The number of nitrogens with zero attached hydrogens (tertiary/aromatic N) is 3. The minimum absolute atomic E-state index is 0.110. The van der Waals surface area contributed by atoms with Crippen LogP contribution >= 0.6 is 0 Å². The molecule has 0 spiro atoms. The maximum atomic E-state index is 4.59. The summed E-state index contributed by atoms with van der Waals surface area (Å²) in [5.74, 6) is 0. The Morgan fingerprint density at radius 1 is 1.31 bits per heavy atom. The fourth-order valence-corrected chi connectivity index (χ4v) is 5.01. The third kappa shape index (κ3) is 2.86. The Hall–Kier alpha value is -1.77. The van der Waals surface area contributed by atoms with E-state index in [1.54, 1.807) is 0 Å². The lowest BCUT2D eigenvalue weighted by atomic mass is 9.80. The maximum absolute atomic E-state index is 4.59. The van der Waals surface area contributed by atoms with Crippen LogP contribution in [0, 0.1) is 10.8 Å². The molecule has 1 aromatic heterocycles. The van der Waals surface area contributed by atoms with Crippen LogP contribution in [0.1, 0.15) is 66.8 Å². The van der Waals surface area contributed by atoms with Gasteiger partial charge in [-0.05, 0) is 45.6 Å². The average Bonchev–Trinajstić information content (AvgIpc) is 2.95. The number of imidazole rings is 1. The van der Waals surface area contributed by atoms with E-state index in [1.165, 1.54) is 5.70 Å². The topological polar surface area (TPSA) is 21.1 Å².